The van der Waals surface area contributed by atoms with Crippen molar-refractivity contribution in [2.24, 2.45) is 0 Å². The van der Waals surface area contributed by atoms with E-state index >= 15 is 0 Å². The van der Waals surface area contributed by atoms with E-state index in [1.165, 1.54) is 6.26 Å². The highest BCUT2D eigenvalue weighted by Gasteiger charge is 2.11. The normalized spacial score (nSPS) is 10.2. The topological polar surface area (TPSA) is 68.5 Å². The molecule has 0 radical (unpaired) electrons. The van der Waals surface area contributed by atoms with Crippen molar-refractivity contribution < 1.29 is 18.7 Å². The summed E-state index contributed by atoms with van der Waals surface area (Å²) in [6, 6.07) is 10.9. The molecule has 0 aliphatic rings. The summed E-state index contributed by atoms with van der Waals surface area (Å²) in [6.07, 6.45) is 2.43. The first-order valence-electron chi connectivity index (χ1n) is 7.16. The molecule has 116 valence electrons. The van der Waals surface area contributed by atoms with Crippen molar-refractivity contribution >= 4 is 11.7 Å². The number of benzene rings is 1. The van der Waals surface area contributed by atoms with E-state index in [1.54, 1.807) is 19.2 Å². The van der Waals surface area contributed by atoms with Crippen molar-refractivity contribution in [1.29, 1.82) is 0 Å². The summed E-state index contributed by atoms with van der Waals surface area (Å²) in [4.78, 5) is 23.4. The van der Waals surface area contributed by atoms with E-state index < -0.39 is 0 Å². The third-order valence-electron chi connectivity index (χ3n) is 3.28. The second-order valence-corrected chi connectivity index (χ2v) is 4.81. The Bertz CT molecular complexity index is 619. The maximum atomic E-state index is 11.7. The van der Waals surface area contributed by atoms with Gasteiger partial charge in [0.1, 0.15) is 5.75 Å². The van der Waals surface area contributed by atoms with Gasteiger partial charge in [0.05, 0.1) is 13.4 Å². The molecule has 0 aliphatic carbocycles. The predicted molar refractivity (Wildman–Crippen MR) is 82.0 cm³/mol. The third kappa shape index (κ3) is 4.48. The molecule has 5 nitrogen and oxygen atoms in total. The number of rotatable bonds is 8. The molecule has 0 spiro atoms. The molecule has 1 N–H and O–H groups in total. The van der Waals surface area contributed by atoms with Crippen LogP contribution in [-0.4, -0.2) is 25.3 Å². The maximum Gasteiger partial charge on any atom is 0.220 e. The summed E-state index contributed by atoms with van der Waals surface area (Å²) in [5.41, 5.74) is 1.04. The van der Waals surface area contributed by atoms with Crippen molar-refractivity contribution in [3.05, 3.63) is 54.0 Å². The summed E-state index contributed by atoms with van der Waals surface area (Å²) >= 11 is 0. The Hall–Kier alpha value is -2.56. The van der Waals surface area contributed by atoms with Crippen LogP contribution < -0.4 is 10.1 Å². The predicted octanol–water partition coefficient (Wildman–Crippen LogP) is 2.61. The maximum absolute atomic E-state index is 11.7. The minimum Gasteiger partial charge on any atom is -0.496 e. The van der Waals surface area contributed by atoms with Crippen LogP contribution in [0.2, 0.25) is 0 Å². The minimum absolute atomic E-state index is 0.144. The monoisotopic (exact) mass is 301 g/mol. The van der Waals surface area contributed by atoms with Crippen LogP contribution in [0.25, 0.3) is 0 Å². The Morgan fingerprint density at radius 3 is 2.68 bits per heavy atom. The van der Waals surface area contributed by atoms with Gasteiger partial charge in [-0.3, -0.25) is 9.59 Å². The smallest absolute Gasteiger partial charge is 0.220 e. The van der Waals surface area contributed by atoms with Crippen molar-refractivity contribution in [3.8, 4) is 5.75 Å². The van der Waals surface area contributed by atoms with E-state index in [0.717, 1.165) is 11.3 Å². The summed E-state index contributed by atoms with van der Waals surface area (Å²) in [5.74, 6) is 0.797. The first kappa shape index (κ1) is 15.8. The van der Waals surface area contributed by atoms with E-state index in [2.05, 4.69) is 5.32 Å². The van der Waals surface area contributed by atoms with Gasteiger partial charge < -0.3 is 14.5 Å². The SMILES string of the molecule is COc1ccccc1CCNC(=O)CCC(=O)c1ccco1. The van der Waals surface area contributed by atoms with E-state index in [4.69, 9.17) is 9.15 Å². The Morgan fingerprint density at radius 1 is 1.14 bits per heavy atom. The van der Waals surface area contributed by atoms with Gasteiger partial charge in [0, 0.05) is 19.4 Å². The van der Waals surface area contributed by atoms with Crippen LogP contribution in [0.3, 0.4) is 0 Å². The molecule has 0 unspecified atom stereocenters. The molecule has 0 saturated carbocycles. The zero-order chi connectivity index (χ0) is 15.8. The molecule has 1 heterocycles. The number of carbonyl (C=O) groups is 2. The summed E-state index contributed by atoms with van der Waals surface area (Å²) in [5, 5.41) is 2.81. The van der Waals surface area contributed by atoms with Gasteiger partial charge >= 0.3 is 0 Å². The van der Waals surface area contributed by atoms with Crippen LogP contribution >= 0.6 is 0 Å². The quantitative estimate of drug-likeness (QED) is 0.761. The van der Waals surface area contributed by atoms with Crippen LogP contribution in [0.4, 0.5) is 0 Å². The van der Waals surface area contributed by atoms with Gasteiger partial charge in [-0.2, -0.15) is 0 Å². The molecule has 0 fully saturated rings. The standard InChI is InChI=1S/C17H19NO4/c1-21-15-6-3-2-5-13(15)10-11-18-17(20)9-8-14(19)16-7-4-12-22-16/h2-7,12H,8-11H2,1H3,(H,18,20). The second-order valence-electron chi connectivity index (χ2n) is 4.81. The first-order valence-corrected chi connectivity index (χ1v) is 7.16. The number of nitrogens with one attached hydrogen (secondary N) is 1. The largest absolute Gasteiger partial charge is 0.496 e. The van der Waals surface area contributed by atoms with E-state index in [1.807, 2.05) is 24.3 Å². The van der Waals surface area contributed by atoms with Crippen molar-refractivity contribution in [1.82, 2.24) is 5.32 Å². The number of carbonyl (C=O) groups excluding carboxylic acids is 2. The van der Waals surface area contributed by atoms with E-state index in [-0.39, 0.29) is 24.5 Å². The number of amides is 1. The van der Waals surface area contributed by atoms with Crippen molar-refractivity contribution in [3.63, 3.8) is 0 Å². The number of furan rings is 1. The second kappa shape index (κ2) is 8.02. The molecule has 0 saturated heterocycles. The van der Waals surface area contributed by atoms with Gasteiger partial charge in [0.2, 0.25) is 5.91 Å². The number of para-hydroxylation sites is 1. The number of Topliss-reactive ketones (excluding diaryl/α,β-unsaturated/α-hetero) is 1. The number of hydrogen-bond donors (Lipinski definition) is 1. The van der Waals surface area contributed by atoms with E-state index in [0.29, 0.717) is 18.7 Å². The summed E-state index contributed by atoms with van der Waals surface area (Å²) in [6.45, 7) is 0.508. The van der Waals surface area contributed by atoms with E-state index in [9.17, 15) is 9.59 Å². The molecule has 2 rings (SSSR count). The van der Waals surface area contributed by atoms with Gasteiger partial charge in [-0.15, -0.1) is 0 Å². The molecule has 1 amide bonds. The molecule has 0 aliphatic heterocycles. The Labute approximate surface area is 129 Å². The lowest BCUT2D eigenvalue weighted by Gasteiger charge is -2.08. The molecule has 0 bridgehead atoms. The molecule has 5 heteroatoms. The highest BCUT2D eigenvalue weighted by Crippen LogP contribution is 2.17. The lowest BCUT2D eigenvalue weighted by Crippen LogP contribution is -2.26. The van der Waals surface area contributed by atoms with Gasteiger partial charge in [-0.1, -0.05) is 18.2 Å². The average Bonchev–Trinajstić information content (AvgIpc) is 3.07. The fourth-order valence-corrected chi connectivity index (χ4v) is 2.12. The van der Waals surface area contributed by atoms with Gasteiger partial charge in [0.25, 0.3) is 0 Å². The lowest BCUT2D eigenvalue weighted by molar-refractivity contribution is -0.121. The van der Waals surface area contributed by atoms with Crippen LogP contribution in [0.15, 0.2) is 47.1 Å². The lowest BCUT2D eigenvalue weighted by atomic mass is 10.1. The Balaban J connectivity index is 1.71. The van der Waals surface area contributed by atoms with Crippen molar-refractivity contribution in [2.45, 2.75) is 19.3 Å². The zero-order valence-electron chi connectivity index (χ0n) is 12.5. The minimum atomic E-state index is -0.162. The Morgan fingerprint density at radius 2 is 1.95 bits per heavy atom. The van der Waals surface area contributed by atoms with Gasteiger partial charge in [-0.25, -0.2) is 0 Å². The number of methoxy groups -OCH3 is 1. The first-order chi connectivity index (χ1) is 10.7. The van der Waals surface area contributed by atoms with Crippen LogP contribution in [0, 0.1) is 0 Å². The highest BCUT2D eigenvalue weighted by molar-refractivity contribution is 5.95. The third-order valence-corrected chi connectivity index (χ3v) is 3.28. The fourth-order valence-electron chi connectivity index (χ4n) is 2.12. The molecule has 2 aromatic rings. The number of ether oxygens (including phenoxy) is 1. The molecule has 1 aromatic heterocycles. The van der Waals surface area contributed by atoms with Gasteiger partial charge in [-0.05, 0) is 30.2 Å². The summed E-state index contributed by atoms with van der Waals surface area (Å²) in [7, 11) is 1.62. The fraction of sp³-hybridized carbons (Fsp3) is 0.294. The molecule has 22 heavy (non-hydrogen) atoms. The molecule has 0 atom stereocenters. The highest BCUT2D eigenvalue weighted by atomic mass is 16.5. The van der Waals surface area contributed by atoms with Crippen LogP contribution in [0.1, 0.15) is 29.0 Å². The number of hydrogen-bond acceptors (Lipinski definition) is 4. The number of ketones is 1. The average molecular weight is 301 g/mol. The Kier molecular flexibility index (Phi) is 5.77. The summed E-state index contributed by atoms with van der Waals surface area (Å²) < 4.78 is 10.3. The molecular weight excluding hydrogens is 282 g/mol. The van der Waals surface area contributed by atoms with Crippen LogP contribution in [0.5, 0.6) is 5.75 Å². The zero-order valence-corrected chi connectivity index (χ0v) is 12.5. The van der Waals surface area contributed by atoms with Crippen molar-refractivity contribution in [2.75, 3.05) is 13.7 Å². The molecular formula is C17H19NO4. The van der Waals surface area contributed by atoms with Gasteiger partial charge in [0.15, 0.2) is 11.5 Å². The van der Waals surface area contributed by atoms with Crippen LogP contribution in [-0.2, 0) is 11.2 Å². The molecule has 1 aromatic carbocycles.